The smallest absolute Gasteiger partial charge is 0.0923 e. The van der Waals surface area contributed by atoms with Crippen LogP contribution in [0.2, 0.25) is 0 Å². The molecule has 1 heterocycles. The summed E-state index contributed by atoms with van der Waals surface area (Å²) >= 11 is 0. The van der Waals surface area contributed by atoms with E-state index in [0.29, 0.717) is 6.54 Å². The van der Waals surface area contributed by atoms with E-state index in [1.807, 2.05) is 18.2 Å². The van der Waals surface area contributed by atoms with Crippen molar-refractivity contribution in [3.8, 4) is 0 Å². The van der Waals surface area contributed by atoms with Crippen LogP contribution in [0.1, 0.15) is 5.69 Å². The first kappa shape index (κ1) is 10.0. The molecule has 0 radical (unpaired) electrons. The minimum Gasteiger partial charge on any atom is -0.330 e. The summed E-state index contributed by atoms with van der Waals surface area (Å²) in [4.78, 5) is 0. The average molecular weight is 198 g/mol. The highest BCUT2D eigenvalue weighted by molar-refractivity contribution is 5.85. The SMILES string of the molecule is Cl.NCCc1[nH]nc2ccccc12. The van der Waals surface area contributed by atoms with E-state index in [-0.39, 0.29) is 12.4 Å². The van der Waals surface area contributed by atoms with E-state index < -0.39 is 0 Å². The molecular weight excluding hydrogens is 186 g/mol. The molecule has 0 aliphatic carbocycles. The lowest BCUT2D eigenvalue weighted by Crippen LogP contribution is -2.03. The fraction of sp³-hybridized carbons (Fsp3) is 0.222. The summed E-state index contributed by atoms with van der Waals surface area (Å²) in [6.45, 7) is 0.659. The Kier molecular flexibility index (Phi) is 3.28. The van der Waals surface area contributed by atoms with E-state index in [0.717, 1.165) is 17.6 Å². The Labute approximate surface area is 82.7 Å². The fourth-order valence-electron chi connectivity index (χ4n) is 1.35. The Morgan fingerprint density at radius 1 is 1.31 bits per heavy atom. The molecule has 2 rings (SSSR count). The van der Waals surface area contributed by atoms with Gasteiger partial charge in [-0.05, 0) is 12.6 Å². The van der Waals surface area contributed by atoms with Crippen molar-refractivity contribution in [2.45, 2.75) is 6.42 Å². The third kappa shape index (κ3) is 1.82. The van der Waals surface area contributed by atoms with Gasteiger partial charge in [0.25, 0.3) is 0 Å². The van der Waals surface area contributed by atoms with Crippen LogP contribution in [0, 0.1) is 0 Å². The van der Waals surface area contributed by atoms with Crippen molar-refractivity contribution in [1.29, 1.82) is 0 Å². The second-order valence-electron chi connectivity index (χ2n) is 2.76. The van der Waals surface area contributed by atoms with Crippen LogP contribution in [-0.4, -0.2) is 16.7 Å². The number of halogens is 1. The van der Waals surface area contributed by atoms with Gasteiger partial charge in [0, 0.05) is 17.5 Å². The number of nitrogens with two attached hydrogens (primary N) is 1. The second-order valence-corrected chi connectivity index (χ2v) is 2.76. The Balaban J connectivity index is 0.000000845. The molecule has 0 aliphatic heterocycles. The summed E-state index contributed by atoms with van der Waals surface area (Å²) < 4.78 is 0. The van der Waals surface area contributed by atoms with Gasteiger partial charge >= 0.3 is 0 Å². The van der Waals surface area contributed by atoms with E-state index in [1.165, 1.54) is 5.39 Å². The lowest BCUT2D eigenvalue weighted by molar-refractivity contribution is 0.909. The lowest BCUT2D eigenvalue weighted by Gasteiger charge is -1.92. The number of rotatable bonds is 2. The zero-order chi connectivity index (χ0) is 8.39. The summed E-state index contributed by atoms with van der Waals surface area (Å²) in [7, 11) is 0. The van der Waals surface area contributed by atoms with Crippen molar-refractivity contribution in [3.05, 3.63) is 30.0 Å². The van der Waals surface area contributed by atoms with Gasteiger partial charge in [-0.3, -0.25) is 5.10 Å². The van der Waals surface area contributed by atoms with Crippen LogP contribution in [0.4, 0.5) is 0 Å². The molecule has 0 aliphatic rings. The number of nitrogens with one attached hydrogen (secondary N) is 1. The van der Waals surface area contributed by atoms with E-state index in [4.69, 9.17) is 5.73 Å². The zero-order valence-electron chi connectivity index (χ0n) is 7.16. The number of benzene rings is 1. The standard InChI is InChI=1S/C9H11N3.ClH/c10-6-5-9-7-3-1-2-4-8(7)11-12-9;/h1-4H,5-6,10H2,(H,11,12);1H. The largest absolute Gasteiger partial charge is 0.330 e. The molecule has 0 bridgehead atoms. The Hall–Kier alpha value is -1.06. The third-order valence-corrected chi connectivity index (χ3v) is 1.93. The predicted octanol–water partition coefficient (Wildman–Crippen LogP) is 1.49. The molecule has 13 heavy (non-hydrogen) atoms. The summed E-state index contributed by atoms with van der Waals surface area (Å²) in [5, 5.41) is 8.32. The molecule has 3 nitrogen and oxygen atoms in total. The number of fused-ring (bicyclic) bond motifs is 1. The van der Waals surface area contributed by atoms with Crippen molar-refractivity contribution in [3.63, 3.8) is 0 Å². The Morgan fingerprint density at radius 3 is 2.85 bits per heavy atom. The van der Waals surface area contributed by atoms with E-state index in [9.17, 15) is 0 Å². The first-order valence-corrected chi connectivity index (χ1v) is 4.04. The number of hydrogen-bond donors (Lipinski definition) is 2. The molecular formula is C9H12ClN3. The van der Waals surface area contributed by atoms with Crippen molar-refractivity contribution in [2.24, 2.45) is 5.73 Å². The quantitative estimate of drug-likeness (QED) is 0.767. The molecule has 3 N–H and O–H groups in total. The van der Waals surface area contributed by atoms with Gasteiger partial charge in [0.15, 0.2) is 0 Å². The van der Waals surface area contributed by atoms with Gasteiger partial charge in [-0.1, -0.05) is 18.2 Å². The number of aromatic amines is 1. The molecule has 1 aromatic carbocycles. The van der Waals surface area contributed by atoms with Crippen LogP contribution < -0.4 is 5.73 Å². The van der Waals surface area contributed by atoms with Crippen LogP contribution >= 0.6 is 12.4 Å². The van der Waals surface area contributed by atoms with Crippen LogP contribution in [0.3, 0.4) is 0 Å². The fourth-order valence-corrected chi connectivity index (χ4v) is 1.35. The van der Waals surface area contributed by atoms with Gasteiger partial charge in [0.1, 0.15) is 0 Å². The van der Waals surface area contributed by atoms with Gasteiger partial charge in [-0.25, -0.2) is 0 Å². The normalized spacial score (nSPS) is 9.92. The third-order valence-electron chi connectivity index (χ3n) is 1.93. The van der Waals surface area contributed by atoms with Gasteiger partial charge < -0.3 is 5.73 Å². The highest BCUT2D eigenvalue weighted by atomic mass is 35.5. The second kappa shape index (κ2) is 4.25. The molecule has 0 fully saturated rings. The number of H-pyrrole nitrogens is 1. The molecule has 1 aromatic heterocycles. The number of nitrogens with zero attached hydrogens (tertiary/aromatic N) is 1. The monoisotopic (exact) mass is 197 g/mol. The maximum absolute atomic E-state index is 5.46. The molecule has 70 valence electrons. The molecule has 0 unspecified atom stereocenters. The molecule has 0 saturated carbocycles. The topological polar surface area (TPSA) is 54.7 Å². The molecule has 4 heteroatoms. The average Bonchev–Trinajstić information content (AvgIpc) is 2.50. The van der Waals surface area contributed by atoms with E-state index >= 15 is 0 Å². The molecule has 0 amide bonds. The van der Waals surface area contributed by atoms with E-state index in [1.54, 1.807) is 0 Å². The highest BCUT2D eigenvalue weighted by Crippen LogP contribution is 2.14. The zero-order valence-corrected chi connectivity index (χ0v) is 7.97. The molecule has 0 spiro atoms. The van der Waals surface area contributed by atoms with Gasteiger partial charge in [-0.15, -0.1) is 12.4 Å². The number of hydrogen-bond acceptors (Lipinski definition) is 2. The van der Waals surface area contributed by atoms with Crippen LogP contribution in [0.5, 0.6) is 0 Å². The minimum atomic E-state index is 0. The first-order valence-electron chi connectivity index (χ1n) is 4.04. The van der Waals surface area contributed by atoms with Crippen molar-refractivity contribution in [1.82, 2.24) is 10.2 Å². The van der Waals surface area contributed by atoms with Crippen molar-refractivity contribution in [2.75, 3.05) is 6.54 Å². The van der Waals surface area contributed by atoms with E-state index in [2.05, 4.69) is 16.3 Å². The van der Waals surface area contributed by atoms with Gasteiger partial charge in [0.05, 0.1) is 5.52 Å². The summed E-state index contributed by atoms with van der Waals surface area (Å²) in [6, 6.07) is 8.04. The summed E-state index contributed by atoms with van der Waals surface area (Å²) in [5.74, 6) is 0. The maximum atomic E-state index is 5.46. The van der Waals surface area contributed by atoms with Crippen molar-refractivity contribution < 1.29 is 0 Å². The first-order chi connectivity index (χ1) is 5.92. The van der Waals surface area contributed by atoms with Crippen LogP contribution in [0.25, 0.3) is 10.9 Å². The number of para-hydroxylation sites is 1. The molecule has 0 saturated heterocycles. The van der Waals surface area contributed by atoms with Gasteiger partial charge in [0.2, 0.25) is 0 Å². The summed E-state index contributed by atoms with van der Waals surface area (Å²) in [5.41, 5.74) is 7.61. The number of aromatic nitrogens is 2. The highest BCUT2D eigenvalue weighted by Gasteiger charge is 2.01. The molecule has 2 aromatic rings. The Morgan fingerprint density at radius 2 is 2.08 bits per heavy atom. The van der Waals surface area contributed by atoms with Crippen LogP contribution in [-0.2, 0) is 6.42 Å². The summed E-state index contributed by atoms with van der Waals surface area (Å²) in [6.07, 6.45) is 0.862. The van der Waals surface area contributed by atoms with Crippen molar-refractivity contribution >= 4 is 23.3 Å². The minimum absolute atomic E-state index is 0. The maximum Gasteiger partial charge on any atom is 0.0923 e. The van der Waals surface area contributed by atoms with Crippen LogP contribution in [0.15, 0.2) is 24.3 Å². The van der Waals surface area contributed by atoms with Gasteiger partial charge in [-0.2, -0.15) is 5.10 Å². The predicted molar refractivity (Wildman–Crippen MR) is 56.1 cm³/mol. The Bertz CT molecular complexity index is 383. The molecule has 0 atom stereocenters. The lowest BCUT2D eigenvalue weighted by atomic mass is 10.2.